The Kier molecular flexibility index (Phi) is 6.39. The van der Waals surface area contributed by atoms with Gasteiger partial charge in [-0.3, -0.25) is 4.79 Å². The van der Waals surface area contributed by atoms with Crippen molar-refractivity contribution in [3.63, 3.8) is 0 Å². The Morgan fingerprint density at radius 1 is 1.00 bits per heavy atom. The highest BCUT2D eigenvalue weighted by atomic mass is 35.5. The highest BCUT2D eigenvalue weighted by molar-refractivity contribution is 6.34. The van der Waals surface area contributed by atoms with Crippen molar-refractivity contribution in [1.82, 2.24) is 5.32 Å². The van der Waals surface area contributed by atoms with Crippen LogP contribution in [-0.2, 0) is 6.54 Å². The number of amides is 1. The molecule has 144 valence electrons. The maximum atomic E-state index is 13.4. The van der Waals surface area contributed by atoms with Crippen molar-refractivity contribution in [3.8, 4) is 0 Å². The van der Waals surface area contributed by atoms with Crippen LogP contribution in [0.3, 0.4) is 0 Å². The summed E-state index contributed by atoms with van der Waals surface area (Å²) in [4.78, 5) is 12.4. The lowest BCUT2D eigenvalue weighted by atomic mass is 10.1. The Balaban J connectivity index is 1.64. The minimum Gasteiger partial charge on any atom is -0.322 e. The second kappa shape index (κ2) is 8.95. The van der Waals surface area contributed by atoms with Crippen LogP contribution in [0.15, 0.2) is 66.7 Å². The summed E-state index contributed by atoms with van der Waals surface area (Å²) in [5.41, 5.74) is 2.64. The predicted octanol–water partition coefficient (Wildman–Crippen LogP) is 5.72. The second-order valence-corrected chi connectivity index (χ2v) is 6.82. The van der Waals surface area contributed by atoms with Crippen molar-refractivity contribution >= 4 is 23.2 Å². The summed E-state index contributed by atoms with van der Waals surface area (Å²) in [5.74, 6) is -2.01. The van der Waals surface area contributed by atoms with Gasteiger partial charge in [0.25, 0.3) is 5.91 Å². The van der Waals surface area contributed by atoms with Gasteiger partial charge in [0.2, 0.25) is 0 Å². The molecule has 0 spiro atoms. The second-order valence-electron chi connectivity index (χ2n) is 6.41. The van der Waals surface area contributed by atoms with E-state index in [1.807, 2.05) is 25.1 Å². The third kappa shape index (κ3) is 4.94. The van der Waals surface area contributed by atoms with Crippen molar-refractivity contribution in [2.75, 3.05) is 5.32 Å². The topological polar surface area (TPSA) is 41.1 Å². The molecule has 0 radical (unpaired) electrons. The average Bonchev–Trinajstić information content (AvgIpc) is 2.69. The SMILES string of the molecule is CC(NCc1cccc(NC(=O)c2ccccc2Cl)c1)c1ccc(F)c(F)c1. The molecule has 1 atom stereocenters. The summed E-state index contributed by atoms with van der Waals surface area (Å²) < 4.78 is 26.5. The molecule has 3 nitrogen and oxygen atoms in total. The summed E-state index contributed by atoms with van der Waals surface area (Å²) in [6, 6.07) is 17.9. The van der Waals surface area contributed by atoms with Crippen LogP contribution >= 0.6 is 11.6 Å². The molecule has 0 fully saturated rings. The van der Waals surface area contributed by atoms with Crippen LogP contribution < -0.4 is 10.6 Å². The Bertz CT molecular complexity index is 994. The fraction of sp³-hybridized carbons (Fsp3) is 0.136. The molecule has 1 unspecified atom stereocenters. The summed E-state index contributed by atoms with van der Waals surface area (Å²) >= 11 is 6.06. The van der Waals surface area contributed by atoms with E-state index in [2.05, 4.69) is 10.6 Å². The zero-order valence-corrected chi connectivity index (χ0v) is 15.9. The molecule has 2 N–H and O–H groups in total. The standard InChI is InChI=1S/C22H19ClF2N2O/c1-14(16-9-10-20(24)21(25)12-16)26-13-15-5-4-6-17(11-15)27-22(28)18-7-2-3-8-19(18)23/h2-12,14,26H,13H2,1H3,(H,27,28). The number of carbonyl (C=O) groups is 1. The Labute approximate surface area is 167 Å². The van der Waals surface area contributed by atoms with Gasteiger partial charge in [0.15, 0.2) is 11.6 Å². The first kappa shape index (κ1) is 20.0. The number of benzene rings is 3. The number of rotatable bonds is 6. The van der Waals surface area contributed by atoms with Gasteiger partial charge >= 0.3 is 0 Å². The van der Waals surface area contributed by atoms with Crippen LogP contribution in [0, 0.1) is 11.6 Å². The Morgan fingerprint density at radius 2 is 1.79 bits per heavy atom. The molecular weight excluding hydrogens is 382 g/mol. The fourth-order valence-electron chi connectivity index (χ4n) is 2.77. The molecule has 0 aromatic heterocycles. The minimum atomic E-state index is -0.865. The molecule has 0 saturated carbocycles. The molecule has 3 aromatic rings. The Morgan fingerprint density at radius 3 is 2.54 bits per heavy atom. The smallest absolute Gasteiger partial charge is 0.257 e. The van der Waals surface area contributed by atoms with Gasteiger partial charge in [0.05, 0.1) is 10.6 Å². The zero-order valence-electron chi connectivity index (χ0n) is 15.2. The highest BCUT2D eigenvalue weighted by Crippen LogP contribution is 2.19. The third-order valence-corrected chi connectivity index (χ3v) is 4.69. The normalized spacial score (nSPS) is 11.9. The number of anilines is 1. The number of halogens is 3. The fourth-order valence-corrected chi connectivity index (χ4v) is 2.99. The number of hydrogen-bond donors (Lipinski definition) is 2. The molecule has 1 amide bonds. The molecule has 0 saturated heterocycles. The van der Waals surface area contributed by atoms with E-state index in [-0.39, 0.29) is 11.9 Å². The molecule has 0 aliphatic carbocycles. The largest absolute Gasteiger partial charge is 0.322 e. The summed E-state index contributed by atoms with van der Waals surface area (Å²) in [6.45, 7) is 2.37. The lowest BCUT2D eigenvalue weighted by Crippen LogP contribution is -2.18. The van der Waals surface area contributed by atoms with Gasteiger partial charge in [-0.05, 0) is 54.4 Å². The van der Waals surface area contributed by atoms with Crippen LogP contribution in [0.4, 0.5) is 14.5 Å². The molecule has 0 heterocycles. The van der Waals surface area contributed by atoms with Crippen LogP contribution in [0.5, 0.6) is 0 Å². The van der Waals surface area contributed by atoms with E-state index in [0.29, 0.717) is 28.4 Å². The first-order valence-corrected chi connectivity index (χ1v) is 9.15. The first-order chi connectivity index (χ1) is 13.4. The van der Waals surface area contributed by atoms with E-state index in [1.165, 1.54) is 6.07 Å². The lowest BCUT2D eigenvalue weighted by Gasteiger charge is -2.15. The van der Waals surface area contributed by atoms with E-state index >= 15 is 0 Å². The monoisotopic (exact) mass is 400 g/mol. The number of nitrogens with one attached hydrogen (secondary N) is 2. The first-order valence-electron chi connectivity index (χ1n) is 8.77. The maximum absolute atomic E-state index is 13.4. The van der Waals surface area contributed by atoms with E-state index in [1.54, 1.807) is 36.4 Å². The zero-order chi connectivity index (χ0) is 20.1. The van der Waals surface area contributed by atoms with Crippen molar-refractivity contribution < 1.29 is 13.6 Å². The molecule has 3 aromatic carbocycles. The number of carbonyl (C=O) groups excluding carboxylic acids is 1. The molecule has 6 heteroatoms. The predicted molar refractivity (Wildman–Crippen MR) is 107 cm³/mol. The van der Waals surface area contributed by atoms with Crippen molar-refractivity contribution in [1.29, 1.82) is 0 Å². The number of hydrogen-bond acceptors (Lipinski definition) is 2. The summed E-state index contributed by atoms with van der Waals surface area (Å²) in [7, 11) is 0. The van der Waals surface area contributed by atoms with E-state index in [0.717, 1.165) is 11.6 Å². The van der Waals surface area contributed by atoms with Crippen LogP contribution in [-0.4, -0.2) is 5.91 Å². The molecule has 28 heavy (non-hydrogen) atoms. The quantitative estimate of drug-likeness (QED) is 0.555. The van der Waals surface area contributed by atoms with E-state index < -0.39 is 11.6 Å². The molecule has 0 bridgehead atoms. The van der Waals surface area contributed by atoms with Gasteiger partial charge in [0.1, 0.15) is 0 Å². The van der Waals surface area contributed by atoms with Gasteiger partial charge in [-0.15, -0.1) is 0 Å². The lowest BCUT2D eigenvalue weighted by molar-refractivity contribution is 0.102. The van der Waals surface area contributed by atoms with Crippen LogP contribution in [0.25, 0.3) is 0 Å². The summed E-state index contributed by atoms with van der Waals surface area (Å²) in [5, 5.41) is 6.48. The third-order valence-electron chi connectivity index (χ3n) is 4.36. The van der Waals surface area contributed by atoms with Crippen LogP contribution in [0.2, 0.25) is 5.02 Å². The van der Waals surface area contributed by atoms with Crippen molar-refractivity contribution in [3.05, 3.63) is 100 Å². The van der Waals surface area contributed by atoms with Gasteiger partial charge in [-0.1, -0.05) is 41.9 Å². The van der Waals surface area contributed by atoms with E-state index in [4.69, 9.17) is 11.6 Å². The van der Waals surface area contributed by atoms with Gasteiger partial charge in [-0.25, -0.2) is 8.78 Å². The highest BCUT2D eigenvalue weighted by Gasteiger charge is 2.11. The van der Waals surface area contributed by atoms with Gasteiger partial charge < -0.3 is 10.6 Å². The average molecular weight is 401 g/mol. The molecule has 3 rings (SSSR count). The van der Waals surface area contributed by atoms with Crippen molar-refractivity contribution in [2.24, 2.45) is 0 Å². The van der Waals surface area contributed by atoms with Gasteiger partial charge in [0, 0.05) is 18.3 Å². The molecule has 0 aliphatic rings. The van der Waals surface area contributed by atoms with Gasteiger partial charge in [-0.2, -0.15) is 0 Å². The minimum absolute atomic E-state index is 0.170. The molecule has 0 aliphatic heterocycles. The maximum Gasteiger partial charge on any atom is 0.257 e. The Hall–Kier alpha value is -2.76. The van der Waals surface area contributed by atoms with Crippen molar-refractivity contribution in [2.45, 2.75) is 19.5 Å². The van der Waals surface area contributed by atoms with E-state index in [9.17, 15) is 13.6 Å². The summed E-state index contributed by atoms with van der Waals surface area (Å²) in [6.07, 6.45) is 0. The van der Waals surface area contributed by atoms with Crippen LogP contribution in [0.1, 0.15) is 34.5 Å². The molecular formula is C22H19ClF2N2O.